The highest BCUT2D eigenvalue weighted by Crippen LogP contribution is 2.42. The fraction of sp³-hybridized carbons (Fsp3) is 0.462. The Labute approximate surface area is 110 Å². The van der Waals surface area contributed by atoms with Crippen LogP contribution < -0.4 is 0 Å². The summed E-state index contributed by atoms with van der Waals surface area (Å²) in [5.41, 5.74) is 0.602. The van der Waals surface area contributed by atoms with E-state index in [1.54, 1.807) is 6.20 Å². The molecule has 2 aromatic heterocycles. The van der Waals surface area contributed by atoms with Crippen LogP contribution in [0.3, 0.4) is 0 Å². The summed E-state index contributed by atoms with van der Waals surface area (Å²) in [6.45, 7) is 2.58. The zero-order valence-corrected chi connectivity index (χ0v) is 10.6. The molecule has 0 spiro atoms. The molecule has 6 heteroatoms. The summed E-state index contributed by atoms with van der Waals surface area (Å²) < 4.78 is 10.9. The third-order valence-corrected chi connectivity index (χ3v) is 3.06. The molecule has 0 aromatic carbocycles. The van der Waals surface area contributed by atoms with Crippen LogP contribution in [0.2, 0.25) is 0 Å². The lowest BCUT2D eigenvalue weighted by Crippen LogP contribution is -2.08. The molecule has 1 aliphatic rings. The average molecular weight is 261 g/mol. The third kappa shape index (κ3) is 2.58. The van der Waals surface area contributed by atoms with Crippen LogP contribution in [-0.4, -0.2) is 26.8 Å². The first-order valence-electron chi connectivity index (χ1n) is 6.37. The monoisotopic (exact) mass is 261 g/mol. The topological polar surface area (TPSA) is 81.3 Å². The zero-order valence-electron chi connectivity index (χ0n) is 10.6. The van der Waals surface area contributed by atoms with E-state index >= 15 is 0 Å². The van der Waals surface area contributed by atoms with E-state index in [1.807, 2.05) is 6.92 Å². The highest BCUT2D eigenvalue weighted by atomic mass is 16.5. The van der Waals surface area contributed by atoms with Crippen molar-refractivity contribution in [1.29, 1.82) is 0 Å². The minimum absolute atomic E-state index is 0.0702. The fourth-order valence-corrected chi connectivity index (χ4v) is 2.01. The molecule has 6 nitrogen and oxygen atoms in total. The first-order valence-corrected chi connectivity index (χ1v) is 6.37. The zero-order chi connectivity index (χ0) is 13.2. The van der Waals surface area contributed by atoms with Gasteiger partial charge < -0.3 is 14.4 Å². The summed E-state index contributed by atoms with van der Waals surface area (Å²) in [6.07, 6.45) is 5.12. The summed E-state index contributed by atoms with van der Waals surface area (Å²) in [5, 5.41) is 13.4. The standard InChI is InChI=1S/C13H15N3O3/c1-2-18-11(8-3-4-8)12-15-13(19-16-12)9-5-10(17)7-14-6-9/h5-8,11,17H,2-4H2,1H3. The maximum atomic E-state index is 9.40. The summed E-state index contributed by atoms with van der Waals surface area (Å²) in [5.74, 6) is 1.49. The van der Waals surface area contributed by atoms with Crippen LogP contribution in [0, 0.1) is 5.92 Å². The smallest absolute Gasteiger partial charge is 0.259 e. The predicted octanol–water partition coefficient (Wildman–Crippen LogP) is 2.32. The lowest BCUT2D eigenvalue weighted by molar-refractivity contribution is 0.0385. The van der Waals surface area contributed by atoms with Gasteiger partial charge in [-0.15, -0.1) is 0 Å². The molecule has 1 fully saturated rings. The Hall–Kier alpha value is -1.95. The summed E-state index contributed by atoms with van der Waals surface area (Å²) in [6, 6.07) is 1.54. The van der Waals surface area contributed by atoms with Gasteiger partial charge in [-0.25, -0.2) is 0 Å². The predicted molar refractivity (Wildman–Crippen MR) is 66.3 cm³/mol. The Balaban J connectivity index is 1.85. The van der Waals surface area contributed by atoms with Crippen LogP contribution in [-0.2, 0) is 4.74 Å². The molecule has 1 N–H and O–H groups in total. The van der Waals surface area contributed by atoms with Crippen molar-refractivity contribution in [2.45, 2.75) is 25.9 Å². The van der Waals surface area contributed by atoms with Crippen molar-refractivity contribution < 1.29 is 14.4 Å². The van der Waals surface area contributed by atoms with Crippen molar-refractivity contribution in [2.24, 2.45) is 5.92 Å². The summed E-state index contributed by atoms with van der Waals surface area (Å²) in [7, 11) is 0. The van der Waals surface area contributed by atoms with E-state index in [2.05, 4.69) is 15.1 Å². The van der Waals surface area contributed by atoms with Gasteiger partial charge in [0.05, 0.1) is 11.8 Å². The molecule has 0 aliphatic heterocycles. The fourth-order valence-electron chi connectivity index (χ4n) is 2.01. The van der Waals surface area contributed by atoms with Crippen molar-refractivity contribution >= 4 is 0 Å². The molecule has 1 aliphatic carbocycles. The number of hydrogen-bond acceptors (Lipinski definition) is 6. The molecule has 2 heterocycles. The number of rotatable bonds is 5. The summed E-state index contributed by atoms with van der Waals surface area (Å²) >= 11 is 0. The highest BCUT2D eigenvalue weighted by molar-refractivity contribution is 5.53. The van der Waals surface area contributed by atoms with Gasteiger partial charge in [-0.3, -0.25) is 4.98 Å². The molecule has 1 atom stereocenters. The van der Waals surface area contributed by atoms with Gasteiger partial charge in [0, 0.05) is 12.8 Å². The number of pyridine rings is 1. The van der Waals surface area contributed by atoms with Crippen molar-refractivity contribution in [3.63, 3.8) is 0 Å². The van der Waals surface area contributed by atoms with E-state index < -0.39 is 0 Å². The molecule has 0 amide bonds. The SMILES string of the molecule is CCOC(c1noc(-c2cncc(O)c2)n1)C1CC1. The normalized spacial score (nSPS) is 16.5. The number of aromatic nitrogens is 3. The number of hydrogen-bond donors (Lipinski definition) is 1. The van der Waals surface area contributed by atoms with Gasteiger partial charge in [0.25, 0.3) is 5.89 Å². The lowest BCUT2D eigenvalue weighted by atomic mass is 10.2. The third-order valence-electron chi connectivity index (χ3n) is 3.06. The highest BCUT2D eigenvalue weighted by Gasteiger charge is 2.36. The first-order chi connectivity index (χ1) is 9.28. The van der Waals surface area contributed by atoms with Crippen LogP contribution in [0.5, 0.6) is 5.75 Å². The maximum Gasteiger partial charge on any atom is 0.259 e. The van der Waals surface area contributed by atoms with Gasteiger partial charge in [0.2, 0.25) is 5.82 Å². The van der Waals surface area contributed by atoms with Crippen LogP contribution in [0.1, 0.15) is 31.7 Å². The van der Waals surface area contributed by atoms with E-state index in [1.165, 1.54) is 12.3 Å². The van der Waals surface area contributed by atoms with Crippen molar-refractivity contribution in [2.75, 3.05) is 6.61 Å². The van der Waals surface area contributed by atoms with Crippen LogP contribution >= 0.6 is 0 Å². The molecule has 0 bridgehead atoms. The Morgan fingerprint density at radius 3 is 3.00 bits per heavy atom. The molecule has 0 saturated heterocycles. The number of aromatic hydroxyl groups is 1. The van der Waals surface area contributed by atoms with Gasteiger partial charge in [0.1, 0.15) is 11.9 Å². The molecule has 0 radical (unpaired) electrons. The molecule has 1 saturated carbocycles. The van der Waals surface area contributed by atoms with Crippen molar-refractivity contribution in [1.82, 2.24) is 15.1 Å². The van der Waals surface area contributed by atoms with E-state index in [9.17, 15) is 5.11 Å². The first kappa shape index (κ1) is 12.1. The largest absolute Gasteiger partial charge is 0.506 e. The van der Waals surface area contributed by atoms with E-state index in [0.717, 1.165) is 12.8 Å². The molecule has 1 unspecified atom stereocenters. The Kier molecular flexibility index (Phi) is 3.16. The molecular formula is C13H15N3O3. The van der Waals surface area contributed by atoms with E-state index in [4.69, 9.17) is 9.26 Å². The second kappa shape index (κ2) is 4.97. The molecule has 19 heavy (non-hydrogen) atoms. The van der Waals surface area contributed by atoms with Gasteiger partial charge >= 0.3 is 0 Å². The lowest BCUT2D eigenvalue weighted by Gasteiger charge is -2.10. The Bertz CT molecular complexity index is 566. The van der Waals surface area contributed by atoms with Crippen LogP contribution in [0.15, 0.2) is 23.0 Å². The van der Waals surface area contributed by atoms with Gasteiger partial charge in [-0.05, 0) is 31.7 Å². The second-order valence-corrected chi connectivity index (χ2v) is 4.60. The Morgan fingerprint density at radius 1 is 1.47 bits per heavy atom. The van der Waals surface area contributed by atoms with E-state index in [0.29, 0.717) is 29.8 Å². The minimum Gasteiger partial charge on any atom is -0.506 e. The molecule has 2 aromatic rings. The van der Waals surface area contributed by atoms with Gasteiger partial charge in [-0.1, -0.05) is 5.16 Å². The van der Waals surface area contributed by atoms with Gasteiger partial charge in [0.15, 0.2) is 0 Å². The van der Waals surface area contributed by atoms with Gasteiger partial charge in [-0.2, -0.15) is 4.98 Å². The summed E-state index contributed by atoms with van der Waals surface area (Å²) in [4.78, 5) is 8.24. The van der Waals surface area contributed by atoms with Crippen molar-refractivity contribution in [3.8, 4) is 17.2 Å². The van der Waals surface area contributed by atoms with Crippen molar-refractivity contribution in [3.05, 3.63) is 24.3 Å². The van der Waals surface area contributed by atoms with Crippen LogP contribution in [0.4, 0.5) is 0 Å². The maximum absolute atomic E-state index is 9.40. The molecular weight excluding hydrogens is 246 g/mol. The van der Waals surface area contributed by atoms with Crippen LogP contribution in [0.25, 0.3) is 11.5 Å². The molecule has 100 valence electrons. The minimum atomic E-state index is -0.0900. The van der Waals surface area contributed by atoms with E-state index in [-0.39, 0.29) is 11.9 Å². The average Bonchev–Trinajstić information content (AvgIpc) is 3.13. The number of ether oxygens (including phenoxy) is 1. The Morgan fingerprint density at radius 2 is 2.32 bits per heavy atom. The molecule has 3 rings (SSSR count). The second-order valence-electron chi connectivity index (χ2n) is 4.60. The quantitative estimate of drug-likeness (QED) is 0.889. The number of nitrogens with zero attached hydrogens (tertiary/aromatic N) is 3.